The number of nitrogens with zero attached hydrogens (tertiary/aromatic N) is 1. The smallest absolute Gasteiger partial charge is 0.164 e. The molecule has 1 aliphatic rings. The summed E-state index contributed by atoms with van der Waals surface area (Å²) >= 11 is 0. The fourth-order valence-corrected chi connectivity index (χ4v) is 8.53. The summed E-state index contributed by atoms with van der Waals surface area (Å²) < 4.78 is 6.18. The number of hydrogen-bond donors (Lipinski definition) is 1. The number of hydrogen-bond acceptors (Lipinski definition) is 4. The topological polar surface area (TPSA) is 63.3 Å². The maximum absolute atomic E-state index is 11.5. The second-order valence-electron chi connectivity index (χ2n) is 13.0. The van der Waals surface area contributed by atoms with Gasteiger partial charge in [-0.3, -0.25) is 4.79 Å². The van der Waals surface area contributed by atoms with Crippen LogP contribution in [0, 0.1) is 16.9 Å². The van der Waals surface area contributed by atoms with Crippen molar-refractivity contribution in [3.05, 3.63) is 78.7 Å². The first-order valence-electron chi connectivity index (χ1n) is 13.4. The zero-order chi connectivity index (χ0) is 28.3. The Kier molecular flexibility index (Phi) is 7.78. The SMILES string of the molecule is CC(C)(C)C(=O)/C=C(\O)C(C)(C)C.C[Si]1(C)c2c(ncc3ccccc23)-c2[c-]ccc3oc4cccc1c4c23.[Ir]. The van der Waals surface area contributed by atoms with Gasteiger partial charge in [0.1, 0.15) is 19.4 Å². The maximum atomic E-state index is 11.5. The normalized spacial score (nSPS) is 14.3. The second-order valence-corrected chi connectivity index (χ2v) is 17.2. The standard InChI is InChI=1S/C23H16NOSi.C11H20O2.Ir/c1-26(2)19-12-6-11-18-21(19)20-16(9-5-10-17(20)25-18)22-23(26)15-8-4-3-7-14(15)13-24-22;1-10(2,3)8(12)7-9(13)11(4,5)6;/h3-8,10-13H,1-2H3;7,12H,1-6H3;/q-1;;/b;8-7-;. The van der Waals surface area contributed by atoms with Crippen molar-refractivity contribution in [1.29, 1.82) is 0 Å². The van der Waals surface area contributed by atoms with Crippen LogP contribution in [0.5, 0.6) is 0 Å². The summed E-state index contributed by atoms with van der Waals surface area (Å²) in [6.07, 6.45) is 3.33. The van der Waals surface area contributed by atoms with Gasteiger partial charge in [-0.2, -0.15) is 0 Å². The molecule has 1 N–H and O–H groups in total. The third kappa shape index (κ3) is 5.09. The van der Waals surface area contributed by atoms with Gasteiger partial charge in [0.05, 0.1) is 5.58 Å². The van der Waals surface area contributed by atoms with E-state index >= 15 is 0 Å². The molecule has 209 valence electrons. The minimum Gasteiger partial charge on any atom is -0.512 e. The summed E-state index contributed by atoms with van der Waals surface area (Å²) in [5, 5.41) is 17.3. The molecule has 6 heteroatoms. The summed E-state index contributed by atoms with van der Waals surface area (Å²) in [5.41, 5.74) is 3.28. The summed E-state index contributed by atoms with van der Waals surface area (Å²) in [6.45, 7) is 16.0. The molecule has 0 saturated heterocycles. The number of allylic oxidation sites excluding steroid dienone is 2. The molecule has 2 aromatic heterocycles. The Morgan fingerprint density at radius 3 is 2.27 bits per heavy atom. The molecular weight excluding hydrogens is 691 g/mol. The predicted octanol–water partition coefficient (Wildman–Crippen LogP) is 7.82. The van der Waals surface area contributed by atoms with Gasteiger partial charge in [-0.25, -0.2) is 0 Å². The average Bonchev–Trinajstić information content (AvgIpc) is 3.22. The van der Waals surface area contributed by atoms with Gasteiger partial charge in [-0.1, -0.05) is 113 Å². The molecule has 3 aromatic carbocycles. The first-order chi connectivity index (χ1) is 18.2. The Morgan fingerprint density at radius 1 is 0.925 bits per heavy atom. The Hall–Kier alpha value is -3.05. The third-order valence-corrected chi connectivity index (χ3v) is 11.1. The van der Waals surface area contributed by atoms with E-state index in [2.05, 4.69) is 61.6 Å². The van der Waals surface area contributed by atoms with Crippen LogP contribution in [-0.4, -0.2) is 23.9 Å². The monoisotopic (exact) mass is 727 g/mol. The molecule has 1 radical (unpaired) electrons. The van der Waals surface area contributed by atoms with Crippen LogP contribution in [0.25, 0.3) is 44.0 Å². The molecule has 40 heavy (non-hydrogen) atoms. The van der Waals surface area contributed by atoms with Gasteiger partial charge in [0, 0.05) is 43.2 Å². The summed E-state index contributed by atoms with van der Waals surface area (Å²) in [5.74, 6) is 0.104. The van der Waals surface area contributed by atoms with E-state index in [1.165, 1.54) is 38.0 Å². The Morgan fingerprint density at radius 2 is 1.60 bits per heavy atom. The number of furan rings is 1. The molecule has 3 heterocycles. The van der Waals surface area contributed by atoms with E-state index in [-0.39, 0.29) is 37.1 Å². The quantitative estimate of drug-likeness (QED) is 0.0829. The van der Waals surface area contributed by atoms with E-state index in [1.54, 1.807) is 0 Å². The zero-order valence-electron chi connectivity index (χ0n) is 24.4. The van der Waals surface area contributed by atoms with Crippen molar-refractivity contribution in [3.8, 4) is 11.3 Å². The number of rotatable bonds is 1. The van der Waals surface area contributed by atoms with E-state index < -0.39 is 13.5 Å². The third-order valence-electron chi connectivity index (χ3n) is 7.57. The number of aliphatic hydroxyl groups excluding tert-OH is 1. The van der Waals surface area contributed by atoms with Crippen LogP contribution in [0.4, 0.5) is 0 Å². The number of carbonyl (C=O) groups is 1. The van der Waals surface area contributed by atoms with Crippen molar-refractivity contribution in [1.82, 2.24) is 4.98 Å². The van der Waals surface area contributed by atoms with Crippen molar-refractivity contribution in [3.63, 3.8) is 0 Å². The van der Waals surface area contributed by atoms with Crippen molar-refractivity contribution < 1.29 is 34.4 Å². The summed E-state index contributed by atoms with van der Waals surface area (Å²) in [4.78, 5) is 16.4. The van der Waals surface area contributed by atoms with Crippen LogP contribution in [0.1, 0.15) is 41.5 Å². The van der Waals surface area contributed by atoms with Crippen LogP contribution in [0.15, 0.2) is 77.0 Å². The van der Waals surface area contributed by atoms with Crippen molar-refractivity contribution in [2.24, 2.45) is 10.8 Å². The van der Waals surface area contributed by atoms with E-state index in [4.69, 9.17) is 9.40 Å². The van der Waals surface area contributed by atoms with Crippen LogP contribution in [0.2, 0.25) is 13.1 Å². The molecule has 0 unspecified atom stereocenters. The number of benzene rings is 3. The van der Waals surface area contributed by atoms with E-state index in [0.29, 0.717) is 0 Å². The minimum absolute atomic E-state index is 0. The zero-order valence-corrected chi connectivity index (χ0v) is 27.8. The van der Waals surface area contributed by atoms with Gasteiger partial charge in [-0.05, 0) is 27.9 Å². The van der Waals surface area contributed by atoms with Crippen molar-refractivity contribution >= 4 is 56.9 Å². The fraction of sp³-hybridized carbons (Fsp3) is 0.294. The molecule has 0 spiro atoms. The first-order valence-corrected chi connectivity index (χ1v) is 16.4. The van der Waals surface area contributed by atoms with Crippen LogP contribution in [0.3, 0.4) is 0 Å². The molecule has 0 fully saturated rings. The molecule has 0 saturated carbocycles. The maximum Gasteiger partial charge on any atom is 0.164 e. The van der Waals surface area contributed by atoms with Gasteiger partial charge in [-0.15, -0.1) is 17.7 Å². The molecule has 6 rings (SSSR count). The largest absolute Gasteiger partial charge is 0.512 e. The van der Waals surface area contributed by atoms with Gasteiger partial charge in [0.15, 0.2) is 5.78 Å². The molecule has 5 aromatic rings. The molecule has 0 bridgehead atoms. The van der Waals surface area contributed by atoms with Gasteiger partial charge < -0.3 is 14.5 Å². The summed E-state index contributed by atoms with van der Waals surface area (Å²) in [6, 6.07) is 22.6. The van der Waals surface area contributed by atoms with Crippen LogP contribution < -0.4 is 10.4 Å². The number of ketones is 1. The molecule has 0 atom stereocenters. The molecule has 1 aliphatic heterocycles. The van der Waals surface area contributed by atoms with Crippen molar-refractivity contribution in [2.45, 2.75) is 54.6 Å². The van der Waals surface area contributed by atoms with Gasteiger partial charge >= 0.3 is 0 Å². The molecule has 4 nitrogen and oxygen atoms in total. The minimum atomic E-state index is -2.00. The summed E-state index contributed by atoms with van der Waals surface area (Å²) in [7, 11) is -2.00. The Bertz CT molecular complexity index is 1780. The van der Waals surface area contributed by atoms with Crippen LogP contribution >= 0.6 is 0 Å². The van der Waals surface area contributed by atoms with Crippen molar-refractivity contribution in [2.75, 3.05) is 0 Å². The fourth-order valence-electron chi connectivity index (χ4n) is 5.19. The van der Waals surface area contributed by atoms with Gasteiger partial charge in [0.2, 0.25) is 0 Å². The van der Waals surface area contributed by atoms with Gasteiger partial charge in [0.25, 0.3) is 0 Å². The number of aliphatic hydroxyl groups is 1. The Balaban J connectivity index is 0.000000229. The number of fused-ring (bicyclic) bond motifs is 4. The molecule has 0 aliphatic carbocycles. The molecule has 0 amide bonds. The Labute approximate surface area is 250 Å². The van der Waals surface area contributed by atoms with E-state index in [1.807, 2.05) is 59.9 Å². The number of aromatic nitrogens is 1. The van der Waals surface area contributed by atoms with Crippen LogP contribution in [-0.2, 0) is 24.9 Å². The predicted molar refractivity (Wildman–Crippen MR) is 165 cm³/mol. The number of carbonyl (C=O) groups excluding carboxylic acids is 1. The number of pyridine rings is 1. The average molecular weight is 727 g/mol. The van der Waals surface area contributed by atoms with E-state index in [0.717, 1.165) is 22.4 Å². The molecular formula is C34H36IrNO3Si-. The first kappa shape index (κ1) is 29.9. The van der Waals surface area contributed by atoms with E-state index in [9.17, 15) is 9.90 Å². The second kappa shape index (κ2) is 10.4.